The second-order valence-corrected chi connectivity index (χ2v) is 36.5. The van der Waals surface area contributed by atoms with E-state index in [0.29, 0.717) is 0 Å². The number of benzene rings is 24. The van der Waals surface area contributed by atoms with Crippen LogP contribution in [-0.2, 0) is 0 Å². The van der Waals surface area contributed by atoms with E-state index in [1.54, 1.807) is 0 Å². The van der Waals surface area contributed by atoms with E-state index in [4.69, 9.17) is 0 Å². The van der Waals surface area contributed by atoms with Crippen LogP contribution < -0.4 is 0 Å². The van der Waals surface area contributed by atoms with E-state index in [1.807, 2.05) is 0 Å². The van der Waals surface area contributed by atoms with Crippen LogP contribution >= 0.6 is 0 Å². The van der Waals surface area contributed by atoms with Crippen LogP contribution in [-0.4, -0.2) is 0 Å². The first-order valence-corrected chi connectivity index (χ1v) is 44.6. The highest BCUT2D eigenvalue weighted by molar-refractivity contribution is 6.43. The summed E-state index contributed by atoms with van der Waals surface area (Å²) in [7, 11) is 0. The zero-order valence-corrected chi connectivity index (χ0v) is 70.6. The number of fused-ring (bicyclic) bond motifs is 30. The fourth-order valence-corrected chi connectivity index (χ4v) is 24.6. The summed E-state index contributed by atoms with van der Waals surface area (Å²) >= 11 is 0. The van der Waals surface area contributed by atoms with Crippen molar-refractivity contribution in [1.29, 1.82) is 0 Å². The minimum atomic E-state index is 1.30. The molecule has 0 aliphatic heterocycles. The lowest BCUT2D eigenvalue weighted by Gasteiger charge is -2.13. The Balaban J connectivity index is 0.0000000961. The van der Waals surface area contributed by atoms with Gasteiger partial charge in [0.15, 0.2) is 0 Å². The van der Waals surface area contributed by atoms with Gasteiger partial charge in [0.1, 0.15) is 0 Å². The molecule has 30 aromatic rings. The van der Waals surface area contributed by atoms with E-state index < -0.39 is 0 Å². The minimum Gasteiger partial charge on any atom is -0.0617 e. The molecule has 30 rings (SSSR count). The van der Waals surface area contributed by atoms with Crippen LogP contribution in [0.3, 0.4) is 0 Å². The highest BCUT2D eigenvalue weighted by Crippen LogP contribution is 2.53. The van der Waals surface area contributed by atoms with Crippen molar-refractivity contribution in [3.8, 4) is 33.4 Å². The van der Waals surface area contributed by atoms with E-state index >= 15 is 0 Å². The molecule has 0 saturated heterocycles. The van der Waals surface area contributed by atoms with E-state index in [-0.39, 0.29) is 0 Å². The second kappa shape index (κ2) is 25.5. The third-order valence-electron chi connectivity index (χ3n) is 29.9. The summed E-state index contributed by atoms with van der Waals surface area (Å²) in [4.78, 5) is 0. The molecule has 0 spiro atoms. The smallest absolute Gasteiger partial charge is 0.00199 e. The van der Waals surface area contributed by atoms with Crippen LogP contribution in [0, 0.1) is 41.5 Å². The van der Waals surface area contributed by atoms with Crippen LogP contribution in [0.4, 0.5) is 0 Å². The summed E-state index contributed by atoms with van der Waals surface area (Å²) in [6.07, 6.45) is 0. The fraction of sp³-hybridized carbons (Fsp3) is 0.0476. The first-order valence-electron chi connectivity index (χ1n) is 44.6. The van der Waals surface area contributed by atoms with Gasteiger partial charge in [-0.1, -0.05) is 297 Å². The van der Waals surface area contributed by atoms with Gasteiger partial charge >= 0.3 is 0 Å². The average Bonchev–Trinajstić information content (AvgIpc) is 1.54. The van der Waals surface area contributed by atoms with Crippen LogP contribution in [0.5, 0.6) is 0 Å². The molecular formula is C126H78. The quantitative estimate of drug-likeness (QED) is 0.155. The van der Waals surface area contributed by atoms with Crippen LogP contribution in [0.1, 0.15) is 33.4 Å². The molecule has 582 valence electrons. The Morgan fingerprint density at radius 1 is 0.111 bits per heavy atom. The third kappa shape index (κ3) is 9.47. The number of rotatable bonds is 3. The van der Waals surface area contributed by atoms with Gasteiger partial charge in [0.25, 0.3) is 0 Å². The molecule has 0 N–H and O–H groups in total. The molecule has 126 heavy (non-hydrogen) atoms. The molecule has 0 heterocycles. The van der Waals surface area contributed by atoms with Gasteiger partial charge in [-0.3, -0.25) is 0 Å². The molecule has 0 amide bonds. The summed E-state index contributed by atoms with van der Waals surface area (Å²) < 4.78 is 0. The molecule has 0 fully saturated rings. The molecule has 0 heteroatoms. The Hall–Kier alpha value is -15.6. The van der Waals surface area contributed by atoms with Gasteiger partial charge < -0.3 is 0 Å². The molecule has 0 radical (unpaired) electrons. The van der Waals surface area contributed by atoms with Crippen molar-refractivity contribution in [2.75, 3.05) is 0 Å². The van der Waals surface area contributed by atoms with Gasteiger partial charge in [-0.25, -0.2) is 0 Å². The third-order valence-corrected chi connectivity index (χ3v) is 29.9. The maximum Gasteiger partial charge on any atom is -0.00199 e. The monoisotopic (exact) mass is 1590 g/mol. The summed E-state index contributed by atoms with van der Waals surface area (Å²) in [6, 6.07) is 138. The zero-order chi connectivity index (χ0) is 83.1. The lowest BCUT2D eigenvalue weighted by Crippen LogP contribution is -1.89. The molecular weight excluding hydrogens is 1510 g/mol. The van der Waals surface area contributed by atoms with Gasteiger partial charge in [-0.05, 0) is 434 Å². The Morgan fingerprint density at radius 3 is 0.698 bits per heavy atom. The topological polar surface area (TPSA) is 0 Å². The Bertz CT molecular complexity index is 9950. The number of hydrogen-bond donors (Lipinski definition) is 0. The van der Waals surface area contributed by atoms with Crippen molar-refractivity contribution < 1.29 is 0 Å². The average molecular weight is 1590 g/mol. The van der Waals surface area contributed by atoms with Crippen molar-refractivity contribution >= 4 is 259 Å². The lowest BCUT2D eigenvalue weighted by atomic mass is 9.91. The van der Waals surface area contributed by atoms with Crippen molar-refractivity contribution in [3.05, 3.63) is 397 Å². The predicted octanol–water partition coefficient (Wildman–Crippen LogP) is 36.2. The minimum absolute atomic E-state index is 1.30. The Kier molecular flexibility index (Phi) is 14.2. The molecule has 0 bridgehead atoms. The van der Waals surface area contributed by atoms with Crippen molar-refractivity contribution in [2.24, 2.45) is 0 Å². The fourth-order valence-electron chi connectivity index (χ4n) is 24.6. The van der Waals surface area contributed by atoms with Crippen molar-refractivity contribution in [2.45, 2.75) is 41.5 Å². The zero-order valence-electron chi connectivity index (χ0n) is 70.6. The summed E-state index contributed by atoms with van der Waals surface area (Å²) in [6.45, 7) is 13.4. The van der Waals surface area contributed by atoms with Crippen molar-refractivity contribution in [3.63, 3.8) is 0 Å². The van der Waals surface area contributed by atoms with Gasteiger partial charge in [-0.15, -0.1) is 0 Å². The van der Waals surface area contributed by atoms with Crippen molar-refractivity contribution in [1.82, 2.24) is 0 Å². The van der Waals surface area contributed by atoms with Gasteiger partial charge in [0.2, 0.25) is 0 Å². The van der Waals surface area contributed by atoms with Gasteiger partial charge in [-0.2, -0.15) is 0 Å². The molecule has 0 nitrogen and oxygen atoms in total. The predicted molar refractivity (Wildman–Crippen MR) is 551 cm³/mol. The maximum absolute atomic E-state index is 2.49. The van der Waals surface area contributed by atoms with E-state index in [9.17, 15) is 0 Å². The highest BCUT2D eigenvalue weighted by Gasteiger charge is 2.25. The molecule has 30 aromatic carbocycles. The second-order valence-electron chi connectivity index (χ2n) is 36.5. The lowest BCUT2D eigenvalue weighted by molar-refractivity contribution is 1.38. The number of hydrogen-bond acceptors (Lipinski definition) is 0. The first kappa shape index (κ1) is 70.0. The first-order chi connectivity index (χ1) is 62.0. The van der Waals surface area contributed by atoms with Crippen LogP contribution in [0.25, 0.3) is 292 Å². The van der Waals surface area contributed by atoms with Crippen LogP contribution in [0.2, 0.25) is 0 Å². The van der Waals surface area contributed by atoms with Crippen LogP contribution in [0.15, 0.2) is 364 Å². The standard InChI is InChI=1S/3C42H26/c1-23-7-3-8-24(2)40(23)27-16-18-28-30-13-6-14-31-29-17-15-26-19-36-32-11-4-9-25-10-5-12-33(41(25)32)38(36)21-34(26)37(29)22-39(42(30)31)35(28)20-27;1-23-7-3-8-24(2)40(23)27-16-18-29-35(20-27)33-14-6-13-30-28-17-15-26-19-36-31-11-4-9-25-10-5-12-32(41(25)31)38(36)21-34(26)37(28)22-39(29)42(30)33;1-23-8-5-9-24(2)40(23)33-18-19-34-38-21-35-25(20-36(38)32-15-7-14-31(33)41(32)34)16-17-28-30-13-6-12-29-26-10-3-4-11-27(26)39(42(29)30)22-37(28)35/h3*3-22H,1-2H3. The molecule has 0 unspecified atom stereocenters. The maximum atomic E-state index is 2.49. The Morgan fingerprint density at radius 2 is 0.325 bits per heavy atom. The van der Waals surface area contributed by atoms with E-state index in [2.05, 4.69) is 406 Å². The molecule has 0 aliphatic carbocycles. The van der Waals surface area contributed by atoms with E-state index in [0.717, 1.165) is 0 Å². The number of aryl methyl sites for hydroxylation is 6. The normalized spacial score (nSPS) is 12.5. The SMILES string of the molecule is Cc1cccc(C)c1-c1ccc2c(c1)c1cc3c4cc5c(cc4ccc3c3cccc2c31)c1cccc2cccc5c21.Cc1cccc(C)c1-c1ccc2c(c1)c1cccc3c4ccc5cc6c(cc5c4cc2c31)c1cccc2cccc6c21.Cc1cccc(C)c1-c1ccc2c3cc4c(ccc5c4cc4c6ccccc6c6cccc5c64)cc3c3cccc1c32. The van der Waals surface area contributed by atoms with Gasteiger partial charge in [0, 0.05) is 0 Å². The largest absolute Gasteiger partial charge is 0.0617 e. The molecule has 0 aliphatic rings. The summed E-state index contributed by atoms with van der Waals surface area (Å²) in [5.74, 6) is 0. The molecule has 0 atom stereocenters. The molecule has 0 aromatic heterocycles. The summed E-state index contributed by atoms with van der Waals surface area (Å²) in [5, 5.41) is 64.7. The molecule has 0 saturated carbocycles. The Labute approximate surface area is 725 Å². The van der Waals surface area contributed by atoms with E-state index in [1.165, 1.54) is 325 Å². The highest BCUT2D eigenvalue weighted by atomic mass is 14.3. The summed E-state index contributed by atoms with van der Waals surface area (Å²) in [5.41, 5.74) is 15.9. The van der Waals surface area contributed by atoms with Gasteiger partial charge in [0.05, 0.1) is 0 Å².